The summed E-state index contributed by atoms with van der Waals surface area (Å²) in [7, 11) is 0.917. The number of aliphatic imine (C=N–C) groups is 1. The number of nitrogens with zero attached hydrogens (tertiary/aromatic N) is 1. The third-order valence-corrected chi connectivity index (χ3v) is 3.14. The van der Waals surface area contributed by atoms with E-state index < -0.39 is 17.8 Å². The molecule has 0 saturated carbocycles. The average molecular weight is 313 g/mol. The van der Waals surface area contributed by atoms with Crippen molar-refractivity contribution in [1.29, 1.82) is 0 Å². The Morgan fingerprint density at radius 2 is 1.27 bits per heavy atom. The molecule has 0 aliphatic carbocycles. The Hall–Kier alpha value is -2.24. The molecule has 0 aliphatic heterocycles. The Kier molecular flexibility index (Phi) is 4.30. The maximum atomic E-state index is 13.4. The van der Waals surface area contributed by atoms with Crippen LogP contribution in [0.3, 0.4) is 0 Å². The van der Waals surface area contributed by atoms with Gasteiger partial charge in [0.05, 0.1) is 0 Å². The number of hydrogen-bond acceptors (Lipinski definition) is 1. The normalized spacial score (nSPS) is 13.3. The van der Waals surface area contributed by atoms with Gasteiger partial charge in [0, 0.05) is 12.6 Å². The van der Waals surface area contributed by atoms with Crippen LogP contribution in [-0.4, -0.2) is 24.9 Å². The standard InChI is InChI=1S/C16H12F5N/c1-22-14(15(17,18)16(19,20)21)13-9-7-12(8-10-13)11-5-3-2-4-6-11/h2-10H,1H3/b22-14-. The molecule has 0 bridgehead atoms. The van der Waals surface area contributed by atoms with Crippen LogP contribution >= 0.6 is 0 Å². The molecule has 22 heavy (non-hydrogen) atoms. The molecule has 6 heteroatoms. The van der Waals surface area contributed by atoms with Gasteiger partial charge in [0.1, 0.15) is 5.71 Å². The first-order valence-electron chi connectivity index (χ1n) is 6.35. The molecule has 0 saturated heterocycles. The summed E-state index contributed by atoms with van der Waals surface area (Å²) in [5.41, 5.74) is 0.00543. The summed E-state index contributed by atoms with van der Waals surface area (Å²) in [6.07, 6.45) is -5.68. The summed E-state index contributed by atoms with van der Waals surface area (Å²) in [6.45, 7) is 0. The van der Waals surface area contributed by atoms with Crippen LogP contribution in [0.5, 0.6) is 0 Å². The van der Waals surface area contributed by atoms with Crippen molar-refractivity contribution >= 4 is 5.71 Å². The summed E-state index contributed by atoms with van der Waals surface area (Å²) in [5.74, 6) is -4.99. The van der Waals surface area contributed by atoms with E-state index in [1.807, 2.05) is 18.2 Å². The molecule has 0 spiro atoms. The Labute approximate surface area is 124 Å². The number of alkyl halides is 5. The second-order valence-electron chi connectivity index (χ2n) is 4.59. The van der Waals surface area contributed by atoms with Gasteiger partial charge in [0.2, 0.25) is 0 Å². The molecule has 0 heterocycles. The molecule has 0 N–H and O–H groups in total. The topological polar surface area (TPSA) is 12.4 Å². The third-order valence-electron chi connectivity index (χ3n) is 3.14. The van der Waals surface area contributed by atoms with E-state index >= 15 is 0 Å². The minimum absolute atomic E-state index is 0.260. The Bertz CT molecular complexity index is 657. The van der Waals surface area contributed by atoms with Gasteiger partial charge < -0.3 is 0 Å². The van der Waals surface area contributed by atoms with Crippen molar-refractivity contribution < 1.29 is 22.0 Å². The van der Waals surface area contributed by atoms with Crippen molar-refractivity contribution in [1.82, 2.24) is 0 Å². The lowest BCUT2D eigenvalue weighted by Gasteiger charge is -2.21. The number of halogens is 5. The van der Waals surface area contributed by atoms with Crippen LogP contribution in [0.2, 0.25) is 0 Å². The van der Waals surface area contributed by atoms with Crippen molar-refractivity contribution in [2.24, 2.45) is 4.99 Å². The zero-order chi connectivity index (χ0) is 16.4. The van der Waals surface area contributed by atoms with E-state index in [0.717, 1.165) is 18.2 Å². The summed E-state index contributed by atoms with van der Waals surface area (Å²) in [4.78, 5) is 3.15. The van der Waals surface area contributed by atoms with Crippen molar-refractivity contribution in [3.8, 4) is 11.1 Å². The predicted octanol–water partition coefficient (Wildman–Crippen LogP) is 4.97. The fourth-order valence-electron chi connectivity index (χ4n) is 2.04. The van der Waals surface area contributed by atoms with Gasteiger partial charge in [-0.15, -0.1) is 0 Å². The van der Waals surface area contributed by atoms with Crippen molar-refractivity contribution in [3.05, 3.63) is 60.2 Å². The van der Waals surface area contributed by atoms with Gasteiger partial charge >= 0.3 is 12.1 Å². The lowest BCUT2D eigenvalue weighted by molar-refractivity contribution is -0.248. The van der Waals surface area contributed by atoms with Crippen LogP contribution in [0.25, 0.3) is 11.1 Å². The van der Waals surface area contributed by atoms with E-state index in [9.17, 15) is 22.0 Å². The van der Waals surface area contributed by atoms with Crippen LogP contribution in [0.4, 0.5) is 22.0 Å². The van der Waals surface area contributed by atoms with E-state index in [-0.39, 0.29) is 5.56 Å². The number of benzene rings is 2. The highest BCUT2D eigenvalue weighted by Crippen LogP contribution is 2.38. The highest BCUT2D eigenvalue weighted by Gasteiger charge is 2.61. The Balaban J connectivity index is 2.38. The molecule has 1 nitrogen and oxygen atoms in total. The van der Waals surface area contributed by atoms with Gasteiger partial charge in [0.15, 0.2) is 0 Å². The second-order valence-corrected chi connectivity index (χ2v) is 4.59. The van der Waals surface area contributed by atoms with Gasteiger partial charge in [-0.05, 0) is 11.1 Å². The van der Waals surface area contributed by atoms with Crippen molar-refractivity contribution in [2.75, 3.05) is 7.05 Å². The molecule has 0 aromatic heterocycles. The predicted molar refractivity (Wildman–Crippen MR) is 75.3 cm³/mol. The Morgan fingerprint density at radius 3 is 1.73 bits per heavy atom. The molecule has 0 fully saturated rings. The summed E-state index contributed by atoms with van der Waals surface area (Å²) < 4.78 is 64.3. The van der Waals surface area contributed by atoms with Gasteiger partial charge in [0.25, 0.3) is 0 Å². The van der Waals surface area contributed by atoms with Crippen LogP contribution in [-0.2, 0) is 0 Å². The zero-order valence-corrected chi connectivity index (χ0v) is 11.5. The number of hydrogen-bond donors (Lipinski definition) is 0. The van der Waals surface area contributed by atoms with E-state index in [4.69, 9.17) is 0 Å². The molecule has 0 amide bonds. The van der Waals surface area contributed by atoms with Crippen molar-refractivity contribution in [2.45, 2.75) is 12.1 Å². The molecule has 2 rings (SSSR count). The van der Waals surface area contributed by atoms with Crippen LogP contribution in [0.1, 0.15) is 5.56 Å². The van der Waals surface area contributed by atoms with Crippen molar-refractivity contribution in [3.63, 3.8) is 0 Å². The van der Waals surface area contributed by atoms with E-state index in [0.29, 0.717) is 0 Å². The summed E-state index contributed by atoms with van der Waals surface area (Å²) >= 11 is 0. The largest absolute Gasteiger partial charge is 0.459 e. The third kappa shape index (κ3) is 3.00. The summed E-state index contributed by atoms with van der Waals surface area (Å²) in [6, 6.07) is 14.5. The molecular weight excluding hydrogens is 301 g/mol. The minimum atomic E-state index is -5.68. The van der Waals surface area contributed by atoms with Crippen LogP contribution < -0.4 is 0 Å². The molecular formula is C16H12F5N. The van der Waals surface area contributed by atoms with E-state index in [2.05, 4.69) is 4.99 Å². The molecule has 116 valence electrons. The van der Waals surface area contributed by atoms with Crippen LogP contribution in [0.15, 0.2) is 59.6 Å². The summed E-state index contributed by atoms with van der Waals surface area (Å²) in [5, 5.41) is 0. The number of rotatable bonds is 3. The smallest absolute Gasteiger partial charge is 0.286 e. The molecule has 0 unspecified atom stereocenters. The fraction of sp³-hybridized carbons (Fsp3) is 0.188. The first-order chi connectivity index (χ1) is 10.3. The van der Waals surface area contributed by atoms with Gasteiger partial charge in [-0.1, -0.05) is 54.6 Å². The molecule has 2 aromatic rings. The maximum Gasteiger partial charge on any atom is 0.459 e. The highest BCUT2D eigenvalue weighted by molar-refractivity contribution is 6.06. The zero-order valence-electron chi connectivity index (χ0n) is 11.5. The SMILES string of the molecule is C/N=C(/c1ccc(-c2ccccc2)cc1)C(F)(F)C(F)(F)F. The second kappa shape index (κ2) is 5.87. The van der Waals surface area contributed by atoms with Gasteiger partial charge in [-0.3, -0.25) is 4.99 Å². The van der Waals surface area contributed by atoms with Gasteiger partial charge in [-0.2, -0.15) is 22.0 Å². The monoisotopic (exact) mass is 313 g/mol. The Morgan fingerprint density at radius 1 is 0.773 bits per heavy atom. The molecule has 0 atom stereocenters. The lowest BCUT2D eigenvalue weighted by Crippen LogP contribution is -2.44. The first-order valence-corrected chi connectivity index (χ1v) is 6.35. The molecule has 0 aliphatic rings. The first kappa shape index (κ1) is 16.1. The van der Waals surface area contributed by atoms with E-state index in [1.54, 1.807) is 12.1 Å². The molecule has 0 radical (unpaired) electrons. The highest BCUT2D eigenvalue weighted by atomic mass is 19.4. The lowest BCUT2D eigenvalue weighted by atomic mass is 9.99. The minimum Gasteiger partial charge on any atom is -0.286 e. The van der Waals surface area contributed by atoms with Gasteiger partial charge in [-0.25, -0.2) is 0 Å². The van der Waals surface area contributed by atoms with Crippen LogP contribution in [0, 0.1) is 0 Å². The molecule has 2 aromatic carbocycles. The average Bonchev–Trinajstić information content (AvgIpc) is 2.48. The quantitative estimate of drug-likeness (QED) is 0.560. The fourth-order valence-corrected chi connectivity index (χ4v) is 2.04. The maximum absolute atomic E-state index is 13.4. The van der Waals surface area contributed by atoms with E-state index in [1.165, 1.54) is 24.3 Å².